The number of benzene rings is 3. The predicted molar refractivity (Wildman–Crippen MR) is 110 cm³/mol. The second-order valence-corrected chi connectivity index (χ2v) is 6.74. The largest absolute Gasteiger partial charge is 0.489 e. The van der Waals surface area contributed by atoms with Gasteiger partial charge in [0.15, 0.2) is 0 Å². The topological polar surface area (TPSA) is 103 Å². The molecule has 0 saturated heterocycles. The van der Waals surface area contributed by atoms with Gasteiger partial charge in [-0.3, -0.25) is 14.9 Å². The number of aliphatic carboxylic acids is 1. The maximum Gasteiger partial charge on any atom is 0.442 e. The Morgan fingerprint density at radius 3 is 2.53 bits per heavy atom. The molecule has 0 aliphatic carbocycles. The predicted octanol–water partition coefficient (Wildman–Crippen LogP) is 5.21. The van der Waals surface area contributed by atoms with E-state index in [9.17, 15) is 14.9 Å². The molecule has 0 radical (unpaired) electrons. The van der Waals surface area contributed by atoms with Crippen LogP contribution < -0.4 is 4.74 Å². The third-order valence-electron chi connectivity index (χ3n) is 4.62. The second kappa shape index (κ2) is 8.08. The minimum atomic E-state index is -0.910. The van der Waals surface area contributed by atoms with Gasteiger partial charge in [-0.25, -0.2) is 0 Å². The van der Waals surface area contributed by atoms with E-state index in [0.717, 1.165) is 5.56 Å². The summed E-state index contributed by atoms with van der Waals surface area (Å²) in [6, 6.07) is 21.3. The molecule has 0 saturated carbocycles. The molecule has 0 aliphatic rings. The first-order valence-corrected chi connectivity index (χ1v) is 9.20. The van der Waals surface area contributed by atoms with E-state index in [1.54, 1.807) is 48.5 Å². The molecule has 1 heterocycles. The molecule has 7 nitrogen and oxygen atoms in total. The SMILES string of the molecule is O=C(O)Cc1cccc(OCc2ccc3oc([N+](=O)[O-])c(-c4ccccc4)c3c2)c1. The number of ether oxygens (including phenoxy) is 1. The summed E-state index contributed by atoms with van der Waals surface area (Å²) in [7, 11) is 0. The van der Waals surface area contributed by atoms with Crippen molar-refractivity contribution in [3.8, 4) is 16.9 Å². The van der Waals surface area contributed by atoms with Gasteiger partial charge in [-0.2, -0.15) is 0 Å². The zero-order chi connectivity index (χ0) is 21.1. The van der Waals surface area contributed by atoms with Crippen molar-refractivity contribution in [2.45, 2.75) is 13.0 Å². The lowest BCUT2D eigenvalue weighted by molar-refractivity contribution is -0.400. The summed E-state index contributed by atoms with van der Waals surface area (Å²) in [4.78, 5) is 21.9. The van der Waals surface area contributed by atoms with Gasteiger partial charge in [0.25, 0.3) is 0 Å². The Morgan fingerprint density at radius 2 is 1.80 bits per heavy atom. The molecule has 0 atom stereocenters. The van der Waals surface area contributed by atoms with Crippen LogP contribution in [0.4, 0.5) is 5.88 Å². The average molecular weight is 403 g/mol. The van der Waals surface area contributed by atoms with Gasteiger partial charge in [0.05, 0.1) is 6.42 Å². The number of carbonyl (C=O) groups is 1. The van der Waals surface area contributed by atoms with Crippen molar-refractivity contribution in [2.75, 3.05) is 0 Å². The van der Waals surface area contributed by atoms with Gasteiger partial charge in [-0.05, 0) is 41.0 Å². The highest BCUT2D eigenvalue weighted by Crippen LogP contribution is 2.40. The first-order chi connectivity index (χ1) is 14.5. The number of carboxylic acids is 1. The van der Waals surface area contributed by atoms with E-state index >= 15 is 0 Å². The fourth-order valence-corrected chi connectivity index (χ4v) is 3.32. The smallest absolute Gasteiger partial charge is 0.442 e. The van der Waals surface area contributed by atoms with E-state index in [1.165, 1.54) is 0 Å². The highest BCUT2D eigenvalue weighted by atomic mass is 16.6. The van der Waals surface area contributed by atoms with Crippen molar-refractivity contribution in [3.05, 3.63) is 94.0 Å². The van der Waals surface area contributed by atoms with Gasteiger partial charge < -0.3 is 14.3 Å². The normalized spacial score (nSPS) is 10.8. The van der Waals surface area contributed by atoms with Crippen LogP contribution in [0.15, 0.2) is 77.2 Å². The summed E-state index contributed by atoms with van der Waals surface area (Å²) in [6.45, 7) is 0.222. The summed E-state index contributed by atoms with van der Waals surface area (Å²) >= 11 is 0. The Kier molecular flexibility index (Phi) is 5.17. The Hall–Kier alpha value is -4.13. The minimum absolute atomic E-state index is 0.0811. The summed E-state index contributed by atoms with van der Waals surface area (Å²) < 4.78 is 11.3. The molecule has 1 N–H and O–H groups in total. The van der Waals surface area contributed by atoms with Gasteiger partial charge in [0, 0.05) is 5.39 Å². The molecule has 0 fully saturated rings. The molecule has 0 unspecified atom stereocenters. The van der Waals surface area contributed by atoms with Gasteiger partial charge in [-0.15, -0.1) is 0 Å². The number of hydrogen-bond acceptors (Lipinski definition) is 5. The average Bonchev–Trinajstić information content (AvgIpc) is 3.12. The van der Waals surface area contributed by atoms with Crippen molar-refractivity contribution in [3.63, 3.8) is 0 Å². The first-order valence-electron chi connectivity index (χ1n) is 9.20. The number of carboxylic acid groups (broad SMARTS) is 1. The lowest BCUT2D eigenvalue weighted by Gasteiger charge is -2.08. The van der Waals surface area contributed by atoms with Crippen LogP contribution >= 0.6 is 0 Å². The number of hydrogen-bond donors (Lipinski definition) is 1. The summed E-state index contributed by atoms with van der Waals surface area (Å²) in [5.41, 5.74) is 3.00. The van der Waals surface area contributed by atoms with Crippen LogP contribution in [0.3, 0.4) is 0 Å². The van der Waals surface area contributed by atoms with Crippen LogP contribution in [0, 0.1) is 10.1 Å². The van der Waals surface area contributed by atoms with E-state index in [-0.39, 0.29) is 18.9 Å². The van der Waals surface area contributed by atoms with Crippen LogP contribution in [0.5, 0.6) is 5.75 Å². The zero-order valence-corrected chi connectivity index (χ0v) is 15.8. The molecule has 30 heavy (non-hydrogen) atoms. The number of nitrogens with zero attached hydrogens (tertiary/aromatic N) is 1. The number of rotatable bonds is 7. The van der Waals surface area contributed by atoms with Crippen molar-refractivity contribution >= 4 is 22.8 Å². The van der Waals surface area contributed by atoms with E-state index < -0.39 is 10.9 Å². The molecule has 3 aromatic carbocycles. The second-order valence-electron chi connectivity index (χ2n) is 6.74. The quantitative estimate of drug-likeness (QED) is 0.335. The van der Waals surface area contributed by atoms with E-state index in [4.69, 9.17) is 14.3 Å². The van der Waals surface area contributed by atoms with E-state index in [0.29, 0.717) is 33.4 Å². The fraction of sp³-hybridized carbons (Fsp3) is 0.0870. The van der Waals surface area contributed by atoms with Crippen LogP contribution in [-0.4, -0.2) is 16.0 Å². The molecule has 150 valence electrons. The molecule has 0 spiro atoms. The fourth-order valence-electron chi connectivity index (χ4n) is 3.32. The maximum atomic E-state index is 11.5. The van der Waals surface area contributed by atoms with Crippen molar-refractivity contribution in [2.24, 2.45) is 0 Å². The highest BCUT2D eigenvalue weighted by Gasteiger charge is 2.25. The Balaban J connectivity index is 1.65. The number of furan rings is 1. The van der Waals surface area contributed by atoms with Crippen LogP contribution in [-0.2, 0) is 17.8 Å². The van der Waals surface area contributed by atoms with Crippen LogP contribution in [0.1, 0.15) is 11.1 Å². The molecule has 1 aromatic heterocycles. The zero-order valence-electron chi connectivity index (χ0n) is 15.8. The molecule has 7 heteroatoms. The molecule has 0 amide bonds. The summed E-state index contributed by atoms with van der Waals surface area (Å²) in [5, 5.41) is 21.1. The standard InChI is InChI=1S/C23H17NO6/c25-21(26)13-15-5-4-8-18(11-15)29-14-16-9-10-20-19(12-16)22(23(30-20)24(27)28)17-6-2-1-3-7-17/h1-12H,13-14H2,(H,25,26). The number of nitro groups is 1. The van der Waals surface area contributed by atoms with Crippen molar-refractivity contribution < 1.29 is 24.0 Å². The van der Waals surface area contributed by atoms with Gasteiger partial charge >= 0.3 is 11.9 Å². The summed E-state index contributed by atoms with van der Waals surface area (Å²) in [5.74, 6) is -0.654. The first kappa shape index (κ1) is 19.2. The lowest BCUT2D eigenvalue weighted by Crippen LogP contribution is -2.01. The summed E-state index contributed by atoms with van der Waals surface area (Å²) in [6.07, 6.45) is -0.0811. The Bertz CT molecular complexity index is 1230. The van der Waals surface area contributed by atoms with Gasteiger partial charge in [0.1, 0.15) is 28.4 Å². The van der Waals surface area contributed by atoms with Gasteiger partial charge in [-0.1, -0.05) is 48.5 Å². The van der Waals surface area contributed by atoms with Crippen molar-refractivity contribution in [1.29, 1.82) is 0 Å². The minimum Gasteiger partial charge on any atom is -0.489 e. The Labute approximate surface area is 171 Å². The van der Waals surface area contributed by atoms with E-state index in [1.807, 2.05) is 24.3 Å². The molecular formula is C23H17NO6. The van der Waals surface area contributed by atoms with Crippen LogP contribution in [0.25, 0.3) is 22.1 Å². The monoisotopic (exact) mass is 403 g/mol. The van der Waals surface area contributed by atoms with Crippen LogP contribution in [0.2, 0.25) is 0 Å². The molecule has 4 rings (SSSR count). The Morgan fingerprint density at radius 1 is 1.00 bits per heavy atom. The maximum absolute atomic E-state index is 11.5. The molecule has 0 aliphatic heterocycles. The molecule has 0 bridgehead atoms. The lowest BCUT2D eigenvalue weighted by atomic mass is 10.0. The van der Waals surface area contributed by atoms with Crippen molar-refractivity contribution in [1.82, 2.24) is 0 Å². The molecular weight excluding hydrogens is 386 g/mol. The third kappa shape index (κ3) is 4.00. The molecule has 4 aromatic rings. The van der Waals surface area contributed by atoms with E-state index in [2.05, 4.69) is 0 Å². The third-order valence-corrected chi connectivity index (χ3v) is 4.62. The highest BCUT2D eigenvalue weighted by molar-refractivity contribution is 5.98. The van der Waals surface area contributed by atoms with Gasteiger partial charge in [0.2, 0.25) is 0 Å². The number of fused-ring (bicyclic) bond motifs is 1.